The van der Waals surface area contributed by atoms with Crippen molar-refractivity contribution in [3.8, 4) is 5.06 Å². The van der Waals surface area contributed by atoms with Crippen LogP contribution in [0.3, 0.4) is 0 Å². The van der Waals surface area contributed by atoms with Crippen LogP contribution < -0.4 is 4.74 Å². The first kappa shape index (κ1) is 17.9. The Hall–Kier alpha value is -1.86. The van der Waals surface area contributed by atoms with Crippen molar-refractivity contribution in [1.29, 1.82) is 0 Å². The van der Waals surface area contributed by atoms with Gasteiger partial charge in [-0.15, -0.1) is 11.3 Å². The first-order chi connectivity index (χ1) is 12.0. The summed E-state index contributed by atoms with van der Waals surface area (Å²) < 4.78 is 32.2. The number of hydrogen-bond acceptors (Lipinski definition) is 5. The van der Waals surface area contributed by atoms with Crippen molar-refractivity contribution < 1.29 is 17.9 Å². The maximum Gasteiger partial charge on any atom is 0.241 e. The zero-order valence-corrected chi connectivity index (χ0v) is 15.6. The van der Waals surface area contributed by atoms with Crippen LogP contribution in [0.2, 0.25) is 0 Å². The SMILES string of the molecule is CC[C@@H]1C(=O)N(S(=O)(=O)Cc2ccccc2)[C@@H]1CCOc1cccs1. The number of nitrogens with zero attached hydrogens (tertiary/aromatic N) is 1. The zero-order valence-electron chi connectivity index (χ0n) is 14.0. The standard InChI is InChI=1S/C18H21NO4S2/c1-2-15-16(10-11-23-17-9-6-12-24-17)19(18(15)20)25(21,22)13-14-7-4-3-5-8-14/h3-9,12,15-16H,2,10-11,13H2,1H3/t15-,16+/m0/s1. The second-order valence-electron chi connectivity index (χ2n) is 6.03. The van der Waals surface area contributed by atoms with E-state index in [9.17, 15) is 13.2 Å². The molecular weight excluding hydrogens is 358 g/mol. The summed E-state index contributed by atoms with van der Waals surface area (Å²) in [7, 11) is -3.67. The lowest BCUT2D eigenvalue weighted by Gasteiger charge is -2.45. The van der Waals surface area contributed by atoms with Gasteiger partial charge in [-0.2, -0.15) is 0 Å². The molecule has 0 bridgehead atoms. The number of rotatable bonds is 8. The molecule has 2 atom stereocenters. The molecule has 1 aromatic heterocycles. The normalized spacial score (nSPS) is 20.4. The Balaban J connectivity index is 1.68. The van der Waals surface area contributed by atoms with Crippen LogP contribution in [0.25, 0.3) is 0 Å². The monoisotopic (exact) mass is 379 g/mol. The zero-order chi connectivity index (χ0) is 17.9. The van der Waals surface area contributed by atoms with Crippen LogP contribution >= 0.6 is 11.3 Å². The van der Waals surface area contributed by atoms with Crippen LogP contribution in [0, 0.1) is 5.92 Å². The molecular formula is C18H21NO4S2. The molecule has 1 aliphatic rings. The van der Waals surface area contributed by atoms with Crippen molar-refractivity contribution >= 4 is 27.3 Å². The molecule has 2 heterocycles. The number of carbonyl (C=O) groups is 1. The van der Waals surface area contributed by atoms with E-state index in [0.717, 1.165) is 9.37 Å². The second kappa shape index (κ2) is 7.58. The van der Waals surface area contributed by atoms with Gasteiger partial charge in [-0.1, -0.05) is 37.3 Å². The van der Waals surface area contributed by atoms with Crippen LogP contribution in [0.1, 0.15) is 25.3 Å². The summed E-state index contributed by atoms with van der Waals surface area (Å²) in [4.78, 5) is 12.3. The van der Waals surface area contributed by atoms with E-state index in [1.807, 2.05) is 30.5 Å². The number of thiophene rings is 1. The molecule has 1 fully saturated rings. The molecule has 0 saturated carbocycles. The average Bonchev–Trinajstić information content (AvgIpc) is 3.08. The fraction of sp³-hybridized carbons (Fsp3) is 0.389. The van der Waals surface area contributed by atoms with E-state index in [1.165, 1.54) is 11.3 Å². The molecule has 3 rings (SSSR count). The quantitative estimate of drug-likeness (QED) is 0.660. The Kier molecular flexibility index (Phi) is 5.44. The van der Waals surface area contributed by atoms with E-state index < -0.39 is 10.0 Å². The highest BCUT2D eigenvalue weighted by Crippen LogP contribution is 2.35. The fourth-order valence-corrected chi connectivity index (χ4v) is 5.59. The lowest BCUT2D eigenvalue weighted by Crippen LogP contribution is -2.63. The minimum absolute atomic E-state index is 0.154. The summed E-state index contributed by atoms with van der Waals surface area (Å²) in [6.45, 7) is 2.31. The fourth-order valence-electron chi connectivity index (χ4n) is 3.16. The van der Waals surface area contributed by atoms with E-state index in [2.05, 4.69) is 0 Å². The molecule has 0 unspecified atom stereocenters. The molecule has 2 aromatic rings. The predicted octanol–water partition coefficient (Wildman–Crippen LogP) is 3.28. The van der Waals surface area contributed by atoms with Gasteiger partial charge in [-0.25, -0.2) is 12.7 Å². The van der Waals surface area contributed by atoms with Gasteiger partial charge in [0.15, 0.2) is 5.06 Å². The lowest BCUT2D eigenvalue weighted by molar-refractivity contribution is -0.147. The van der Waals surface area contributed by atoms with Crippen molar-refractivity contribution in [1.82, 2.24) is 4.31 Å². The van der Waals surface area contributed by atoms with Gasteiger partial charge in [0.1, 0.15) is 0 Å². The number of ether oxygens (including phenoxy) is 1. The Morgan fingerprint density at radius 2 is 1.92 bits per heavy atom. The van der Waals surface area contributed by atoms with Crippen molar-refractivity contribution in [2.45, 2.75) is 31.6 Å². The minimum Gasteiger partial charge on any atom is -0.484 e. The van der Waals surface area contributed by atoms with Gasteiger partial charge in [0.05, 0.1) is 24.3 Å². The molecule has 1 aromatic carbocycles. The van der Waals surface area contributed by atoms with Crippen molar-refractivity contribution in [2.24, 2.45) is 5.92 Å². The Labute approximate surface area is 152 Å². The van der Waals surface area contributed by atoms with Gasteiger partial charge in [0.25, 0.3) is 0 Å². The molecule has 5 nitrogen and oxygen atoms in total. The van der Waals surface area contributed by atoms with E-state index in [1.54, 1.807) is 24.3 Å². The summed E-state index contributed by atoms with van der Waals surface area (Å²) in [5.74, 6) is -0.685. The van der Waals surface area contributed by atoms with Crippen molar-refractivity contribution in [3.05, 3.63) is 53.4 Å². The van der Waals surface area contributed by atoms with E-state index in [-0.39, 0.29) is 23.6 Å². The van der Waals surface area contributed by atoms with Gasteiger partial charge < -0.3 is 4.74 Å². The number of carbonyl (C=O) groups excluding carboxylic acids is 1. The second-order valence-corrected chi connectivity index (χ2v) is 8.78. The van der Waals surface area contributed by atoms with Gasteiger partial charge >= 0.3 is 0 Å². The van der Waals surface area contributed by atoms with Gasteiger partial charge in [0.2, 0.25) is 15.9 Å². The van der Waals surface area contributed by atoms with Crippen molar-refractivity contribution in [2.75, 3.05) is 6.61 Å². The highest BCUT2D eigenvalue weighted by molar-refractivity contribution is 7.89. The maximum absolute atomic E-state index is 12.7. The Morgan fingerprint density at radius 3 is 2.56 bits per heavy atom. The average molecular weight is 380 g/mol. The van der Waals surface area contributed by atoms with Crippen LogP contribution in [-0.2, 0) is 20.6 Å². The number of β-lactam (4-membered cyclic amide) rings is 1. The predicted molar refractivity (Wildman–Crippen MR) is 97.9 cm³/mol. The summed E-state index contributed by atoms with van der Waals surface area (Å²) in [6.07, 6.45) is 1.15. The molecule has 25 heavy (non-hydrogen) atoms. The first-order valence-corrected chi connectivity index (χ1v) is 10.8. The first-order valence-electron chi connectivity index (χ1n) is 8.29. The minimum atomic E-state index is -3.67. The maximum atomic E-state index is 12.7. The third-order valence-corrected chi connectivity index (χ3v) is 6.91. The largest absolute Gasteiger partial charge is 0.484 e. The highest BCUT2D eigenvalue weighted by atomic mass is 32.2. The summed E-state index contributed by atoms with van der Waals surface area (Å²) >= 11 is 1.49. The number of benzene rings is 1. The van der Waals surface area contributed by atoms with E-state index in [0.29, 0.717) is 25.0 Å². The third-order valence-electron chi connectivity index (χ3n) is 4.38. The van der Waals surface area contributed by atoms with Gasteiger partial charge in [-0.3, -0.25) is 4.79 Å². The molecule has 0 N–H and O–H groups in total. The molecule has 134 valence electrons. The lowest BCUT2D eigenvalue weighted by atomic mass is 9.86. The topological polar surface area (TPSA) is 63.7 Å². The molecule has 1 aliphatic heterocycles. The Morgan fingerprint density at radius 1 is 1.16 bits per heavy atom. The van der Waals surface area contributed by atoms with Crippen molar-refractivity contribution in [3.63, 3.8) is 0 Å². The summed E-state index contributed by atoms with van der Waals surface area (Å²) in [5, 5.41) is 2.73. The smallest absolute Gasteiger partial charge is 0.241 e. The molecule has 0 radical (unpaired) electrons. The van der Waals surface area contributed by atoms with Crippen LogP contribution in [0.15, 0.2) is 47.8 Å². The Bertz CT molecular complexity index is 803. The van der Waals surface area contributed by atoms with Gasteiger partial charge in [-0.05, 0) is 29.5 Å². The van der Waals surface area contributed by atoms with Gasteiger partial charge in [0, 0.05) is 6.42 Å². The summed E-state index contributed by atoms with van der Waals surface area (Å²) in [5.41, 5.74) is 0.684. The van der Waals surface area contributed by atoms with E-state index >= 15 is 0 Å². The number of hydrogen-bond donors (Lipinski definition) is 0. The molecule has 0 aliphatic carbocycles. The molecule has 1 saturated heterocycles. The van der Waals surface area contributed by atoms with E-state index in [4.69, 9.17) is 4.74 Å². The highest BCUT2D eigenvalue weighted by Gasteiger charge is 2.51. The summed E-state index contributed by atoms with van der Waals surface area (Å²) in [6, 6.07) is 12.4. The van der Waals surface area contributed by atoms with Crippen LogP contribution in [0.5, 0.6) is 5.06 Å². The number of sulfonamides is 1. The third kappa shape index (κ3) is 3.88. The number of amides is 1. The molecule has 1 amide bonds. The van der Waals surface area contributed by atoms with Crippen LogP contribution in [-0.4, -0.2) is 31.3 Å². The molecule has 0 spiro atoms. The molecule has 7 heteroatoms. The van der Waals surface area contributed by atoms with Crippen LogP contribution in [0.4, 0.5) is 0 Å².